The van der Waals surface area contributed by atoms with Crippen molar-refractivity contribution in [3.8, 4) is 17.1 Å². The van der Waals surface area contributed by atoms with E-state index in [1.807, 2.05) is 6.07 Å². The Bertz CT molecular complexity index is 1810. The summed E-state index contributed by atoms with van der Waals surface area (Å²) in [6.07, 6.45) is 0. The van der Waals surface area contributed by atoms with Crippen molar-refractivity contribution in [2.24, 2.45) is 0 Å². The highest BCUT2D eigenvalue weighted by atomic mass is 16.7. The van der Waals surface area contributed by atoms with Crippen LogP contribution in [0.25, 0.3) is 49.7 Å². The first kappa shape index (κ1) is 23.2. The summed E-state index contributed by atoms with van der Waals surface area (Å²) in [6, 6.07) is 36.1. The molecule has 5 heteroatoms. The molecule has 2 heterocycles. The van der Waals surface area contributed by atoms with Gasteiger partial charge in [-0.05, 0) is 56.1 Å². The second kappa shape index (κ2) is 8.29. The molecule has 0 saturated carbocycles. The second-order valence-electron chi connectivity index (χ2n) is 11.1. The maximum absolute atomic E-state index is 6.40. The topological polar surface area (TPSA) is 36.3 Å². The Morgan fingerprint density at radius 3 is 1.92 bits per heavy atom. The van der Waals surface area contributed by atoms with Crippen molar-refractivity contribution in [1.29, 1.82) is 0 Å². The van der Waals surface area contributed by atoms with Crippen LogP contribution in [0.4, 0.5) is 0 Å². The van der Waals surface area contributed by atoms with Crippen LogP contribution in [0.1, 0.15) is 27.7 Å². The number of imidazole rings is 1. The van der Waals surface area contributed by atoms with Crippen LogP contribution >= 0.6 is 0 Å². The minimum atomic E-state index is -0.416. The number of para-hydroxylation sites is 1. The van der Waals surface area contributed by atoms with E-state index in [2.05, 4.69) is 129 Å². The van der Waals surface area contributed by atoms with Crippen molar-refractivity contribution in [2.75, 3.05) is 0 Å². The van der Waals surface area contributed by atoms with E-state index < -0.39 is 18.3 Å². The molecular weight excluding hydrogens is 467 g/mol. The summed E-state index contributed by atoms with van der Waals surface area (Å²) in [5.41, 5.74) is 4.51. The standard InChI is InChI=1S/C33H29BN2O2/c1-32(2)33(3,4)38-34(37-32)23-19-20-26-28(21-23)25-17-11-12-18-27(25)30-29(26)35-31(22-13-7-5-8-14-22)36(30)24-15-9-6-10-16-24/h5-21H,1-4H3. The molecule has 0 N–H and O–H groups in total. The molecule has 0 aliphatic carbocycles. The van der Waals surface area contributed by atoms with Gasteiger partial charge in [-0.15, -0.1) is 0 Å². The largest absolute Gasteiger partial charge is 0.494 e. The SMILES string of the molecule is CC1(C)OB(c2ccc3c(c2)c2ccccc2c2c3nc(-c3ccccc3)n2-c2ccccc2)OC1(C)C. The average molecular weight is 496 g/mol. The highest BCUT2D eigenvalue weighted by Gasteiger charge is 2.51. The maximum atomic E-state index is 6.40. The van der Waals surface area contributed by atoms with Gasteiger partial charge in [-0.3, -0.25) is 4.57 Å². The molecule has 0 spiro atoms. The van der Waals surface area contributed by atoms with E-state index in [1.54, 1.807) is 0 Å². The summed E-state index contributed by atoms with van der Waals surface area (Å²) in [6.45, 7) is 8.37. The molecule has 0 bridgehead atoms. The fourth-order valence-corrected chi connectivity index (χ4v) is 5.51. The van der Waals surface area contributed by atoms with E-state index in [4.69, 9.17) is 14.3 Å². The molecule has 1 saturated heterocycles. The van der Waals surface area contributed by atoms with Crippen molar-refractivity contribution in [3.63, 3.8) is 0 Å². The molecule has 1 aliphatic rings. The third kappa shape index (κ3) is 3.43. The van der Waals surface area contributed by atoms with Crippen LogP contribution in [-0.2, 0) is 9.31 Å². The van der Waals surface area contributed by atoms with Gasteiger partial charge in [0, 0.05) is 22.0 Å². The molecule has 0 amide bonds. The van der Waals surface area contributed by atoms with Crippen molar-refractivity contribution in [1.82, 2.24) is 9.55 Å². The minimum Gasteiger partial charge on any atom is -0.399 e. The lowest BCUT2D eigenvalue weighted by Crippen LogP contribution is -2.41. The average Bonchev–Trinajstić information content (AvgIpc) is 3.44. The Morgan fingerprint density at radius 2 is 1.24 bits per heavy atom. The van der Waals surface area contributed by atoms with E-state index in [9.17, 15) is 0 Å². The molecule has 38 heavy (non-hydrogen) atoms. The fourth-order valence-electron chi connectivity index (χ4n) is 5.51. The monoisotopic (exact) mass is 496 g/mol. The predicted octanol–water partition coefficient (Wildman–Crippen LogP) is 7.30. The first-order chi connectivity index (χ1) is 18.3. The van der Waals surface area contributed by atoms with Gasteiger partial charge >= 0.3 is 7.12 Å². The fraction of sp³-hybridized carbons (Fsp3) is 0.182. The van der Waals surface area contributed by atoms with Gasteiger partial charge in [0.2, 0.25) is 0 Å². The number of hydrogen-bond donors (Lipinski definition) is 0. The minimum absolute atomic E-state index is 0.391. The van der Waals surface area contributed by atoms with Crippen molar-refractivity contribution >= 4 is 45.2 Å². The van der Waals surface area contributed by atoms with Crippen LogP contribution in [-0.4, -0.2) is 27.9 Å². The molecule has 6 aromatic rings. The van der Waals surface area contributed by atoms with Crippen molar-refractivity contribution in [3.05, 3.63) is 103 Å². The maximum Gasteiger partial charge on any atom is 0.494 e. The van der Waals surface area contributed by atoms with Gasteiger partial charge in [-0.25, -0.2) is 4.98 Å². The lowest BCUT2D eigenvalue weighted by Gasteiger charge is -2.32. The summed E-state index contributed by atoms with van der Waals surface area (Å²) in [4.78, 5) is 5.31. The molecule has 1 aliphatic heterocycles. The van der Waals surface area contributed by atoms with Gasteiger partial charge in [0.15, 0.2) is 0 Å². The number of aromatic nitrogens is 2. The molecule has 0 radical (unpaired) electrons. The lowest BCUT2D eigenvalue weighted by molar-refractivity contribution is 0.00578. The third-order valence-electron chi connectivity index (χ3n) is 8.22. The molecule has 0 atom stereocenters. The van der Waals surface area contributed by atoms with E-state index in [-0.39, 0.29) is 0 Å². The van der Waals surface area contributed by atoms with E-state index in [0.717, 1.165) is 44.3 Å². The van der Waals surface area contributed by atoms with Crippen molar-refractivity contribution in [2.45, 2.75) is 38.9 Å². The summed E-state index contributed by atoms with van der Waals surface area (Å²) in [5.74, 6) is 0.930. The molecule has 4 nitrogen and oxygen atoms in total. The van der Waals surface area contributed by atoms with Crippen LogP contribution in [0.3, 0.4) is 0 Å². The molecule has 1 aromatic heterocycles. The van der Waals surface area contributed by atoms with Gasteiger partial charge in [0.05, 0.1) is 22.2 Å². The second-order valence-corrected chi connectivity index (χ2v) is 11.1. The Kier molecular flexibility index (Phi) is 5.06. The number of rotatable bonds is 3. The van der Waals surface area contributed by atoms with Crippen molar-refractivity contribution < 1.29 is 9.31 Å². The Labute approximate surface area is 223 Å². The Morgan fingerprint density at radius 1 is 0.632 bits per heavy atom. The van der Waals surface area contributed by atoms with E-state index >= 15 is 0 Å². The number of benzene rings is 5. The van der Waals surface area contributed by atoms with Gasteiger partial charge in [-0.1, -0.05) is 91.0 Å². The quantitative estimate of drug-likeness (QED) is 0.191. The first-order valence-electron chi connectivity index (χ1n) is 13.2. The van der Waals surface area contributed by atoms with Gasteiger partial charge < -0.3 is 9.31 Å². The summed E-state index contributed by atoms with van der Waals surface area (Å²) < 4.78 is 15.1. The molecule has 186 valence electrons. The summed E-state index contributed by atoms with van der Waals surface area (Å²) in [7, 11) is -0.416. The van der Waals surface area contributed by atoms with Gasteiger partial charge in [0.1, 0.15) is 5.82 Å². The highest BCUT2D eigenvalue weighted by molar-refractivity contribution is 6.62. The zero-order chi connectivity index (χ0) is 26.1. The third-order valence-corrected chi connectivity index (χ3v) is 8.22. The van der Waals surface area contributed by atoms with Crippen LogP contribution in [0.5, 0.6) is 0 Å². The normalized spacial score (nSPS) is 16.6. The highest BCUT2D eigenvalue weighted by Crippen LogP contribution is 2.40. The van der Waals surface area contributed by atoms with E-state index in [0.29, 0.717) is 0 Å². The van der Waals surface area contributed by atoms with Gasteiger partial charge in [0.25, 0.3) is 0 Å². The van der Waals surface area contributed by atoms with Crippen LogP contribution in [0.2, 0.25) is 0 Å². The number of fused-ring (bicyclic) bond motifs is 6. The Hall–Kier alpha value is -3.93. The van der Waals surface area contributed by atoms with Crippen LogP contribution < -0.4 is 5.46 Å². The van der Waals surface area contributed by atoms with Crippen LogP contribution in [0, 0.1) is 0 Å². The summed E-state index contributed by atoms with van der Waals surface area (Å²) in [5, 5.41) is 4.62. The van der Waals surface area contributed by atoms with E-state index in [1.165, 1.54) is 10.8 Å². The predicted molar refractivity (Wildman–Crippen MR) is 157 cm³/mol. The molecule has 1 fully saturated rings. The molecule has 7 rings (SSSR count). The molecule has 0 unspecified atom stereocenters. The molecule has 5 aromatic carbocycles. The smallest absolute Gasteiger partial charge is 0.399 e. The molecular formula is C33H29BN2O2. The lowest BCUT2D eigenvalue weighted by atomic mass is 9.77. The Balaban J connectivity index is 1.55. The van der Waals surface area contributed by atoms with Crippen LogP contribution in [0.15, 0.2) is 103 Å². The number of nitrogens with zero attached hydrogens (tertiary/aromatic N) is 2. The zero-order valence-corrected chi connectivity index (χ0v) is 22.1. The summed E-state index contributed by atoms with van der Waals surface area (Å²) >= 11 is 0. The number of hydrogen-bond acceptors (Lipinski definition) is 3. The first-order valence-corrected chi connectivity index (χ1v) is 13.2. The van der Waals surface area contributed by atoms with Gasteiger partial charge in [-0.2, -0.15) is 0 Å². The zero-order valence-electron chi connectivity index (χ0n) is 22.1.